The summed E-state index contributed by atoms with van der Waals surface area (Å²) in [6, 6.07) is 11.6. The van der Waals surface area contributed by atoms with Crippen LogP contribution in [0.3, 0.4) is 0 Å². The molecule has 96 valence electrons. The number of hydrogen-bond acceptors (Lipinski definition) is 4. The Labute approximate surface area is 115 Å². The molecule has 0 aliphatic carbocycles. The van der Waals surface area contributed by atoms with Gasteiger partial charge in [-0.25, -0.2) is 0 Å². The molecule has 0 aliphatic rings. The summed E-state index contributed by atoms with van der Waals surface area (Å²) in [5, 5.41) is 11.0. The Hall–Kier alpha value is -2.20. The Morgan fingerprint density at radius 1 is 1.26 bits per heavy atom. The van der Waals surface area contributed by atoms with Crippen molar-refractivity contribution in [1.82, 2.24) is 0 Å². The molecule has 0 bridgehead atoms. The highest BCUT2D eigenvalue weighted by atomic mass is 35.5. The lowest BCUT2D eigenvalue weighted by molar-refractivity contribution is 0.862. The fourth-order valence-electron chi connectivity index (χ4n) is 1.99. The number of anilines is 1. The molecule has 2 aromatic carbocycles. The fraction of sp³-hybridized carbons (Fsp3) is 0.0714. The molecule has 0 amide bonds. The zero-order valence-corrected chi connectivity index (χ0v) is 10.8. The molecule has 0 saturated carbocycles. The minimum atomic E-state index is -0.723. The summed E-state index contributed by atoms with van der Waals surface area (Å²) in [6.45, 7) is 0. The van der Waals surface area contributed by atoms with Gasteiger partial charge in [0.25, 0.3) is 0 Å². The second-order valence-corrected chi connectivity index (χ2v) is 4.50. The van der Waals surface area contributed by atoms with Gasteiger partial charge in [-0.1, -0.05) is 47.1 Å². The smallest absolute Gasteiger partial charge is 0.143 e. The zero-order chi connectivity index (χ0) is 13.8. The Balaban J connectivity index is 2.62. The van der Waals surface area contributed by atoms with Crippen molar-refractivity contribution in [2.45, 2.75) is 6.04 Å². The topological polar surface area (TPSA) is 79.3 Å². The SMILES string of the molecule is N=Cc1c(N)cc(Cl)cc1C(N=O)c1ccccc1. The number of nitrogens with zero attached hydrogens (tertiary/aromatic N) is 1. The Bertz CT molecular complexity index is 614. The third-order valence-corrected chi connectivity index (χ3v) is 3.09. The molecule has 1 unspecified atom stereocenters. The van der Waals surface area contributed by atoms with Gasteiger partial charge in [0.05, 0.1) is 0 Å². The van der Waals surface area contributed by atoms with E-state index in [2.05, 4.69) is 5.18 Å². The highest BCUT2D eigenvalue weighted by molar-refractivity contribution is 6.31. The van der Waals surface area contributed by atoms with Gasteiger partial charge in [0.1, 0.15) is 6.04 Å². The molecule has 1 atom stereocenters. The number of nitrogens with two attached hydrogens (primary N) is 1. The van der Waals surface area contributed by atoms with Crippen molar-refractivity contribution in [1.29, 1.82) is 5.41 Å². The quantitative estimate of drug-likeness (QED) is 0.505. The van der Waals surface area contributed by atoms with Crippen LogP contribution in [0.2, 0.25) is 5.02 Å². The average molecular weight is 274 g/mol. The number of hydrogen-bond donors (Lipinski definition) is 2. The molecule has 0 fully saturated rings. The van der Waals surface area contributed by atoms with E-state index in [1.807, 2.05) is 18.2 Å². The van der Waals surface area contributed by atoms with Gasteiger partial charge in [-0.05, 0) is 23.3 Å². The molecule has 4 nitrogen and oxygen atoms in total. The van der Waals surface area contributed by atoms with Gasteiger partial charge in [-0.15, -0.1) is 4.91 Å². The first-order chi connectivity index (χ1) is 9.17. The molecule has 0 aliphatic heterocycles. The Morgan fingerprint density at radius 2 is 1.95 bits per heavy atom. The maximum absolute atomic E-state index is 11.2. The summed E-state index contributed by atoms with van der Waals surface area (Å²) < 4.78 is 0. The number of nitrogens with one attached hydrogen (secondary N) is 1. The van der Waals surface area contributed by atoms with Gasteiger partial charge in [0.15, 0.2) is 0 Å². The Kier molecular flexibility index (Phi) is 3.92. The van der Waals surface area contributed by atoms with E-state index in [1.54, 1.807) is 24.3 Å². The van der Waals surface area contributed by atoms with E-state index >= 15 is 0 Å². The van der Waals surface area contributed by atoms with Crippen LogP contribution in [0.5, 0.6) is 0 Å². The van der Waals surface area contributed by atoms with E-state index in [0.717, 1.165) is 11.8 Å². The lowest BCUT2D eigenvalue weighted by atomic mass is 9.94. The monoisotopic (exact) mass is 273 g/mol. The third kappa shape index (κ3) is 2.63. The molecule has 0 radical (unpaired) electrons. The third-order valence-electron chi connectivity index (χ3n) is 2.87. The van der Waals surface area contributed by atoms with Crippen molar-refractivity contribution in [2.75, 3.05) is 5.73 Å². The number of nitroso groups, excluding NO2 is 1. The molecule has 0 spiro atoms. The van der Waals surface area contributed by atoms with Gasteiger partial charge in [0.2, 0.25) is 0 Å². The first-order valence-corrected chi connectivity index (χ1v) is 6.02. The second-order valence-electron chi connectivity index (χ2n) is 4.06. The normalized spacial score (nSPS) is 11.8. The molecule has 2 aromatic rings. The van der Waals surface area contributed by atoms with Crippen LogP contribution in [0.4, 0.5) is 5.69 Å². The van der Waals surface area contributed by atoms with Crippen molar-refractivity contribution >= 4 is 23.5 Å². The van der Waals surface area contributed by atoms with Crippen LogP contribution in [0, 0.1) is 10.3 Å². The highest BCUT2D eigenvalue weighted by Crippen LogP contribution is 2.32. The molecule has 3 N–H and O–H groups in total. The van der Waals surface area contributed by atoms with Gasteiger partial charge in [0, 0.05) is 22.5 Å². The van der Waals surface area contributed by atoms with Crippen LogP contribution in [0.25, 0.3) is 0 Å². The van der Waals surface area contributed by atoms with E-state index in [4.69, 9.17) is 22.7 Å². The van der Waals surface area contributed by atoms with Crippen molar-refractivity contribution < 1.29 is 0 Å². The highest BCUT2D eigenvalue weighted by Gasteiger charge is 2.19. The molecule has 0 saturated heterocycles. The van der Waals surface area contributed by atoms with E-state index in [9.17, 15) is 4.91 Å². The summed E-state index contributed by atoms with van der Waals surface area (Å²) in [5.74, 6) is 0. The van der Waals surface area contributed by atoms with Crippen molar-refractivity contribution in [3.63, 3.8) is 0 Å². The van der Waals surface area contributed by atoms with Crippen LogP contribution in [-0.4, -0.2) is 6.21 Å². The first kappa shape index (κ1) is 13.2. The van der Waals surface area contributed by atoms with Crippen molar-refractivity contribution in [3.05, 3.63) is 69.1 Å². The van der Waals surface area contributed by atoms with Gasteiger partial charge < -0.3 is 11.1 Å². The molecule has 0 heterocycles. The lowest BCUT2D eigenvalue weighted by Gasteiger charge is -2.14. The summed E-state index contributed by atoms with van der Waals surface area (Å²) >= 11 is 5.97. The lowest BCUT2D eigenvalue weighted by Crippen LogP contribution is -2.05. The van der Waals surface area contributed by atoms with Crippen LogP contribution < -0.4 is 5.73 Å². The number of rotatable bonds is 4. The van der Waals surface area contributed by atoms with Crippen molar-refractivity contribution in [2.24, 2.45) is 5.18 Å². The van der Waals surface area contributed by atoms with E-state index < -0.39 is 6.04 Å². The number of benzene rings is 2. The van der Waals surface area contributed by atoms with Gasteiger partial charge >= 0.3 is 0 Å². The van der Waals surface area contributed by atoms with Crippen LogP contribution in [0.1, 0.15) is 22.7 Å². The second kappa shape index (κ2) is 5.63. The van der Waals surface area contributed by atoms with Crippen LogP contribution in [-0.2, 0) is 0 Å². The summed E-state index contributed by atoms with van der Waals surface area (Å²) in [4.78, 5) is 11.2. The fourth-order valence-corrected chi connectivity index (χ4v) is 2.22. The summed E-state index contributed by atoms with van der Waals surface area (Å²) in [6.07, 6.45) is 1.11. The average Bonchev–Trinajstić information content (AvgIpc) is 2.40. The minimum absolute atomic E-state index is 0.363. The number of nitrogen functional groups attached to an aromatic ring is 1. The zero-order valence-electron chi connectivity index (χ0n) is 10.0. The van der Waals surface area contributed by atoms with Crippen molar-refractivity contribution in [3.8, 4) is 0 Å². The maximum Gasteiger partial charge on any atom is 0.143 e. The predicted molar refractivity (Wildman–Crippen MR) is 77.8 cm³/mol. The molecular weight excluding hydrogens is 262 g/mol. The largest absolute Gasteiger partial charge is 0.398 e. The van der Waals surface area contributed by atoms with Crippen LogP contribution in [0.15, 0.2) is 47.6 Å². The molecular formula is C14H12ClN3O. The minimum Gasteiger partial charge on any atom is -0.398 e. The number of halogens is 1. The molecule has 0 aromatic heterocycles. The Morgan fingerprint density at radius 3 is 2.53 bits per heavy atom. The maximum atomic E-state index is 11.2. The first-order valence-electron chi connectivity index (χ1n) is 5.64. The summed E-state index contributed by atoms with van der Waals surface area (Å²) in [5.41, 5.74) is 7.94. The molecule has 19 heavy (non-hydrogen) atoms. The van der Waals surface area contributed by atoms with Gasteiger partial charge in [-0.2, -0.15) is 0 Å². The van der Waals surface area contributed by atoms with Gasteiger partial charge in [-0.3, -0.25) is 0 Å². The van der Waals surface area contributed by atoms with E-state index in [-0.39, 0.29) is 0 Å². The molecule has 2 rings (SSSR count). The molecule has 5 heteroatoms. The van der Waals surface area contributed by atoms with E-state index in [0.29, 0.717) is 21.8 Å². The summed E-state index contributed by atoms with van der Waals surface area (Å²) in [7, 11) is 0. The van der Waals surface area contributed by atoms with Crippen LogP contribution >= 0.6 is 11.6 Å². The standard InChI is InChI=1S/C14H12ClN3O/c15-10-6-11(12(8-16)13(17)7-10)14(18-19)9-4-2-1-3-5-9/h1-8,14,16H,17H2. The predicted octanol–water partition coefficient (Wildman–Crippen LogP) is 3.78. The van der Waals surface area contributed by atoms with E-state index in [1.165, 1.54) is 0 Å².